The van der Waals surface area contributed by atoms with E-state index in [2.05, 4.69) is 37.5 Å². The Morgan fingerprint density at radius 2 is 2.18 bits per heavy atom. The topological polar surface area (TPSA) is 61.6 Å². The Kier molecular flexibility index (Phi) is 3.35. The molecule has 0 spiro atoms. The number of nitrogens with one attached hydrogen (secondary N) is 1. The highest BCUT2D eigenvalue weighted by Crippen LogP contribution is 2.26. The maximum atomic E-state index is 8.95. The van der Waals surface area contributed by atoms with Crippen molar-refractivity contribution in [1.82, 2.24) is 10.2 Å². The molecule has 0 aliphatic rings. The first-order valence-electron chi connectivity index (χ1n) is 4.96. The molecule has 0 atom stereocenters. The van der Waals surface area contributed by atoms with Gasteiger partial charge in [0.15, 0.2) is 5.82 Å². The van der Waals surface area contributed by atoms with Gasteiger partial charge in [0.1, 0.15) is 6.07 Å². The van der Waals surface area contributed by atoms with Gasteiger partial charge in [0.25, 0.3) is 0 Å². The van der Waals surface area contributed by atoms with Gasteiger partial charge in [-0.2, -0.15) is 10.4 Å². The molecule has 0 bridgehead atoms. The second kappa shape index (κ2) is 4.93. The molecule has 4 nitrogen and oxygen atoms in total. The maximum Gasteiger partial charge on any atom is 0.171 e. The molecule has 17 heavy (non-hydrogen) atoms. The van der Waals surface area contributed by atoms with E-state index in [-0.39, 0.29) is 0 Å². The number of benzene rings is 1. The number of anilines is 2. The van der Waals surface area contributed by atoms with Gasteiger partial charge in [0.05, 0.1) is 11.8 Å². The predicted molar refractivity (Wildman–Crippen MR) is 68.9 cm³/mol. The van der Waals surface area contributed by atoms with Crippen molar-refractivity contribution in [2.75, 3.05) is 5.32 Å². The molecule has 1 aromatic heterocycles. The molecule has 0 saturated carbocycles. The molecule has 1 heterocycles. The summed E-state index contributed by atoms with van der Waals surface area (Å²) in [6.45, 7) is 1.98. The largest absolute Gasteiger partial charge is 0.337 e. The summed E-state index contributed by atoms with van der Waals surface area (Å²) >= 11 is 3.45. The van der Waals surface area contributed by atoms with E-state index in [1.54, 1.807) is 6.07 Å². The maximum absolute atomic E-state index is 8.95. The van der Waals surface area contributed by atoms with E-state index in [1.165, 1.54) is 6.20 Å². The molecule has 0 fully saturated rings. The van der Waals surface area contributed by atoms with Crippen LogP contribution in [0.2, 0.25) is 0 Å². The normalized spacial score (nSPS) is 9.71. The molecule has 0 aliphatic carbocycles. The zero-order chi connectivity index (χ0) is 12.3. The summed E-state index contributed by atoms with van der Waals surface area (Å²) in [6, 6.07) is 9.51. The minimum Gasteiger partial charge on any atom is -0.337 e. The summed E-state index contributed by atoms with van der Waals surface area (Å²) in [5.41, 5.74) is 2.43. The molecule has 5 heteroatoms. The van der Waals surface area contributed by atoms with Crippen LogP contribution in [-0.4, -0.2) is 10.2 Å². The molecule has 2 aromatic rings. The smallest absolute Gasteiger partial charge is 0.171 e. The van der Waals surface area contributed by atoms with Crippen molar-refractivity contribution >= 4 is 27.4 Å². The Hall–Kier alpha value is -1.93. The van der Waals surface area contributed by atoms with Gasteiger partial charge in [-0.05, 0) is 30.7 Å². The Labute approximate surface area is 107 Å². The lowest BCUT2D eigenvalue weighted by Gasteiger charge is -2.10. The van der Waals surface area contributed by atoms with Crippen molar-refractivity contribution in [2.24, 2.45) is 0 Å². The summed E-state index contributed by atoms with van der Waals surface area (Å²) in [5, 5.41) is 19.7. The third-order valence-corrected chi connectivity index (χ3v) is 3.22. The van der Waals surface area contributed by atoms with Gasteiger partial charge in [-0.1, -0.05) is 22.0 Å². The van der Waals surface area contributed by atoms with Crippen molar-refractivity contribution in [3.05, 3.63) is 46.1 Å². The van der Waals surface area contributed by atoms with E-state index in [1.807, 2.05) is 25.1 Å². The quantitative estimate of drug-likeness (QED) is 0.922. The fourth-order valence-corrected chi connectivity index (χ4v) is 1.75. The highest BCUT2D eigenvalue weighted by atomic mass is 79.9. The summed E-state index contributed by atoms with van der Waals surface area (Å²) in [4.78, 5) is 0. The first-order chi connectivity index (χ1) is 8.22. The lowest BCUT2D eigenvalue weighted by Crippen LogP contribution is -1.99. The van der Waals surface area contributed by atoms with Crippen molar-refractivity contribution in [3.63, 3.8) is 0 Å². The number of hydrogen-bond acceptors (Lipinski definition) is 4. The van der Waals surface area contributed by atoms with Crippen LogP contribution in [0.15, 0.2) is 34.9 Å². The Morgan fingerprint density at radius 3 is 2.94 bits per heavy atom. The number of halogens is 1. The molecular weight excluding hydrogens is 280 g/mol. The van der Waals surface area contributed by atoms with Gasteiger partial charge in [0, 0.05) is 10.2 Å². The summed E-state index contributed by atoms with van der Waals surface area (Å²) < 4.78 is 1.00. The van der Waals surface area contributed by atoms with Gasteiger partial charge < -0.3 is 5.32 Å². The second-order valence-corrected chi connectivity index (χ2v) is 4.30. The highest BCUT2D eigenvalue weighted by Gasteiger charge is 2.06. The van der Waals surface area contributed by atoms with Gasteiger partial charge in [-0.3, -0.25) is 0 Å². The average Bonchev–Trinajstić information content (AvgIpc) is 2.35. The van der Waals surface area contributed by atoms with Gasteiger partial charge in [-0.15, -0.1) is 5.10 Å². The highest BCUT2D eigenvalue weighted by molar-refractivity contribution is 9.10. The van der Waals surface area contributed by atoms with E-state index >= 15 is 0 Å². The second-order valence-electron chi connectivity index (χ2n) is 3.44. The van der Waals surface area contributed by atoms with E-state index in [9.17, 15) is 0 Å². The summed E-state index contributed by atoms with van der Waals surface area (Å²) in [6.07, 6.45) is 1.50. The fraction of sp³-hybridized carbons (Fsp3) is 0.0833. The molecule has 0 unspecified atom stereocenters. The Morgan fingerprint density at radius 1 is 1.35 bits per heavy atom. The van der Waals surface area contributed by atoms with E-state index in [0.29, 0.717) is 11.4 Å². The van der Waals surface area contributed by atoms with Crippen molar-refractivity contribution in [1.29, 1.82) is 5.26 Å². The summed E-state index contributed by atoms with van der Waals surface area (Å²) in [7, 11) is 0. The number of nitrogens with zero attached hydrogens (tertiary/aromatic N) is 3. The number of nitriles is 1. The van der Waals surface area contributed by atoms with Crippen LogP contribution in [0, 0.1) is 18.3 Å². The molecule has 1 aromatic carbocycles. The van der Waals surface area contributed by atoms with Crippen LogP contribution in [0.1, 0.15) is 11.1 Å². The number of hydrogen-bond donors (Lipinski definition) is 1. The third-order valence-electron chi connectivity index (χ3n) is 2.36. The molecule has 2 rings (SSSR count). The molecule has 84 valence electrons. The zero-order valence-corrected chi connectivity index (χ0v) is 10.7. The third kappa shape index (κ3) is 2.43. The Bertz CT molecular complexity index is 589. The number of aromatic nitrogens is 2. The van der Waals surface area contributed by atoms with E-state index < -0.39 is 0 Å². The minimum atomic E-state index is 0.469. The summed E-state index contributed by atoms with van der Waals surface area (Å²) in [5.74, 6) is 0.469. The van der Waals surface area contributed by atoms with Crippen LogP contribution in [0.5, 0.6) is 0 Å². The standard InChI is InChI=1S/C12H9BrN4/c1-8-10(13)3-2-4-11(8)16-12-9(7-14)5-6-15-17-12/h2-6H,1H3,(H,16,17). The van der Waals surface area contributed by atoms with Crippen molar-refractivity contribution < 1.29 is 0 Å². The molecular formula is C12H9BrN4. The van der Waals surface area contributed by atoms with E-state index in [0.717, 1.165) is 15.7 Å². The van der Waals surface area contributed by atoms with Crippen molar-refractivity contribution in [3.8, 4) is 6.07 Å². The molecule has 0 radical (unpaired) electrons. The van der Waals surface area contributed by atoms with Crippen LogP contribution in [-0.2, 0) is 0 Å². The van der Waals surface area contributed by atoms with Crippen LogP contribution in [0.4, 0.5) is 11.5 Å². The van der Waals surface area contributed by atoms with Crippen LogP contribution >= 0.6 is 15.9 Å². The van der Waals surface area contributed by atoms with E-state index in [4.69, 9.17) is 5.26 Å². The minimum absolute atomic E-state index is 0.469. The van der Waals surface area contributed by atoms with Crippen molar-refractivity contribution in [2.45, 2.75) is 6.92 Å². The zero-order valence-electron chi connectivity index (χ0n) is 9.11. The molecule has 1 N–H and O–H groups in total. The lowest BCUT2D eigenvalue weighted by molar-refractivity contribution is 1.03. The monoisotopic (exact) mass is 288 g/mol. The van der Waals surface area contributed by atoms with Gasteiger partial charge in [0.2, 0.25) is 0 Å². The SMILES string of the molecule is Cc1c(Br)cccc1Nc1nnccc1C#N. The fourth-order valence-electron chi connectivity index (χ4n) is 1.38. The van der Waals surface area contributed by atoms with Crippen LogP contribution in [0.3, 0.4) is 0 Å². The predicted octanol–water partition coefficient (Wildman–Crippen LogP) is 3.16. The lowest BCUT2D eigenvalue weighted by atomic mass is 10.2. The van der Waals surface area contributed by atoms with Gasteiger partial charge in [-0.25, -0.2) is 0 Å². The molecule has 0 amide bonds. The molecule has 0 saturated heterocycles. The number of rotatable bonds is 2. The first kappa shape index (κ1) is 11.6. The van der Waals surface area contributed by atoms with Gasteiger partial charge >= 0.3 is 0 Å². The molecule has 0 aliphatic heterocycles. The van der Waals surface area contributed by atoms with Crippen LogP contribution < -0.4 is 5.32 Å². The van der Waals surface area contributed by atoms with Crippen LogP contribution in [0.25, 0.3) is 0 Å². The first-order valence-corrected chi connectivity index (χ1v) is 5.75. The average molecular weight is 289 g/mol. The Balaban J connectivity index is 2.39.